The summed E-state index contributed by atoms with van der Waals surface area (Å²) in [6, 6.07) is 39.5. The normalized spacial score (nSPS) is 12.4. The molecule has 5 aromatic rings. The molecule has 1 heteroatoms. The van der Waals surface area contributed by atoms with Crippen LogP contribution < -0.4 is 4.57 Å². The lowest BCUT2D eigenvalue weighted by Crippen LogP contribution is -2.34. The van der Waals surface area contributed by atoms with Crippen LogP contribution in [0.25, 0.3) is 44.4 Å². The smallest absolute Gasteiger partial charge is 0.191 e. The van der Waals surface area contributed by atoms with E-state index >= 15 is 0 Å². The fourth-order valence-corrected chi connectivity index (χ4v) is 4.79. The fourth-order valence-electron chi connectivity index (χ4n) is 4.79. The molecule has 0 fully saturated rings. The molecular weight excluding hydrogens is 362 g/mol. The molecule has 0 atom stereocenters. The number of aromatic nitrogens is 1. The van der Waals surface area contributed by atoms with Crippen LogP contribution in [0.3, 0.4) is 0 Å². The average molecular weight is 385 g/mol. The predicted molar refractivity (Wildman–Crippen MR) is 124 cm³/mol. The summed E-state index contributed by atoms with van der Waals surface area (Å²) in [7, 11) is 0. The second-order valence-corrected chi connectivity index (χ2v) is 7.97. The van der Waals surface area contributed by atoms with E-state index in [0.29, 0.717) is 0 Å². The van der Waals surface area contributed by atoms with Gasteiger partial charge in [0.1, 0.15) is 0 Å². The van der Waals surface area contributed by atoms with Crippen LogP contribution in [0.2, 0.25) is 0 Å². The number of nitrogens with zero attached hydrogens (tertiary/aromatic N) is 1. The molecular formula is C29H22N+. The van der Waals surface area contributed by atoms with E-state index < -0.39 is 0 Å². The van der Waals surface area contributed by atoms with Crippen molar-refractivity contribution in [3.8, 4) is 33.5 Å². The van der Waals surface area contributed by atoms with Gasteiger partial charge in [-0.1, -0.05) is 78.9 Å². The third kappa shape index (κ3) is 2.74. The molecule has 0 amide bonds. The van der Waals surface area contributed by atoms with Crippen molar-refractivity contribution in [2.75, 3.05) is 0 Å². The van der Waals surface area contributed by atoms with Gasteiger partial charge in [-0.15, -0.1) is 0 Å². The summed E-state index contributed by atoms with van der Waals surface area (Å²) in [4.78, 5) is 0. The van der Waals surface area contributed by atoms with E-state index in [-0.39, 0.29) is 0 Å². The topological polar surface area (TPSA) is 3.88 Å². The van der Waals surface area contributed by atoms with Crippen molar-refractivity contribution in [2.24, 2.45) is 0 Å². The van der Waals surface area contributed by atoms with Crippen LogP contribution in [-0.2, 0) is 13.0 Å². The van der Waals surface area contributed by atoms with Gasteiger partial charge in [-0.25, -0.2) is 0 Å². The van der Waals surface area contributed by atoms with Crippen LogP contribution in [-0.4, -0.2) is 0 Å². The van der Waals surface area contributed by atoms with Crippen molar-refractivity contribution in [3.05, 3.63) is 115 Å². The molecule has 0 N–H and O–H groups in total. The second kappa shape index (κ2) is 6.96. The molecule has 1 aliphatic rings. The molecule has 0 spiro atoms. The first-order valence-electron chi connectivity index (χ1n) is 10.6. The lowest BCUT2D eigenvalue weighted by atomic mass is 9.92. The predicted octanol–water partition coefficient (Wildman–Crippen LogP) is 6.68. The van der Waals surface area contributed by atoms with Gasteiger partial charge in [-0.2, -0.15) is 4.57 Å². The Morgan fingerprint density at radius 3 is 2.10 bits per heavy atom. The lowest BCUT2D eigenvalue weighted by molar-refractivity contribution is -0.652. The molecule has 0 saturated heterocycles. The van der Waals surface area contributed by atoms with Gasteiger partial charge in [0.2, 0.25) is 11.2 Å². The summed E-state index contributed by atoms with van der Waals surface area (Å²) < 4.78 is 2.51. The van der Waals surface area contributed by atoms with E-state index in [9.17, 15) is 0 Å². The third-order valence-corrected chi connectivity index (χ3v) is 6.22. The quantitative estimate of drug-likeness (QED) is 0.305. The van der Waals surface area contributed by atoms with Crippen molar-refractivity contribution < 1.29 is 4.57 Å². The van der Waals surface area contributed by atoms with E-state index in [1.165, 1.54) is 50.0 Å². The van der Waals surface area contributed by atoms with Crippen LogP contribution in [0.1, 0.15) is 5.56 Å². The summed E-state index contributed by atoms with van der Waals surface area (Å²) in [5, 5.41) is 1.33. The Bertz CT molecular complexity index is 1370. The Kier molecular flexibility index (Phi) is 3.99. The van der Waals surface area contributed by atoms with Crippen molar-refractivity contribution in [1.29, 1.82) is 0 Å². The highest BCUT2D eigenvalue weighted by Gasteiger charge is 2.27. The van der Waals surface area contributed by atoms with Gasteiger partial charge in [0.25, 0.3) is 0 Å². The molecule has 1 aromatic heterocycles. The minimum atomic E-state index is 1.04. The maximum atomic E-state index is 2.51. The van der Waals surface area contributed by atoms with Crippen molar-refractivity contribution in [1.82, 2.24) is 0 Å². The zero-order valence-electron chi connectivity index (χ0n) is 16.8. The largest absolute Gasteiger partial charge is 0.216 e. The van der Waals surface area contributed by atoms with Gasteiger partial charge in [0, 0.05) is 23.4 Å². The van der Waals surface area contributed by atoms with E-state index in [1.807, 2.05) is 0 Å². The molecule has 30 heavy (non-hydrogen) atoms. The number of para-hydroxylation sites is 1. The summed E-state index contributed by atoms with van der Waals surface area (Å²) in [6.45, 7) is 1.04. The number of aryl methyl sites for hydroxylation is 2. The molecule has 6 rings (SSSR count). The Morgan fingerprint density at radius 1 is 0.533 bits per heavy atom. The first kappa shape index (κ1) is 17.2. The zero-order valence-corrected chi connectivity index (χ0v) is 16.8. The molecule has 0 bridgehead atoms. The Labute approximate surface area is 176 Å². The first-order valence-corrected chi connectivity index (χ1v) is 10.6. The van der Waals surface area contributed by atoms with Crippen LogP contribution in [0.4, 0.5) is 0 Å². The Hall–Kier alpha value is -3.71. The number of hydrogen-bond acceptors (Lipinski definition) is 0. The van der Waals surface area contributed by atoms with E-state index in [1.54, 1.807) is 0 Å². The maximum Gasteiger partial charge on any atom is 0.216 e. The summed E-state index contributed by atoms with van der Waals surface area (Å²) in [5.41, 5.74) is 10.5. The second-order valence-electron chi connectivity index (χ2n) is 7.97. The fraction of sp³-hybridized carbons (Fsp3) is 0.0690. The maximum absolute atomic E-state index is 2.51. The van der Waals surface area contributed by atoms with Gasteiger partial charge in [-0.05, 0) is 46.5 Å². The molecule has 2 heterocycles. The summed E-state index contributed by atoms with van der Waals surface area (Å²) >= 11 is 0. The first-order chi connectivity index (χ1) is 14.9. The van der Waals surface area contributed by atoms with Crippen molar-refractivity contribution >= 4 is 10.9 Å². The van der Waals surface area contributed by atoms with Crippen LogP contribution in [0.5, 0.6) is 0 Å². The van der Waals surface area contributed by atoms with Gasteiger partial charge >= 0.3 is 0 Å². The molecule has 4 aromatic carbocycles. The lowest BCUT2D eigenvalue weighted by Gasteiger charge is -2.12. The molecule has 0 unspecified atom stereocenters. The SMILES string of the molecule is c1ccc(-c2ccc(-c3ccc4cccc5c4[n+]3CC5)c(-c3ccccc3)c2)cc1. The highest BCUT2D eigenvalue weighted by atomic mass is 15.0. The van der Waals surface area contributed by atoms with Gasteiger partial charge in [0.15, 0.2) is 6.54 Å². The Morgan fingerprint density at radius 2 is 1.30 bits per heavy atom. The zero-order chi connectivity index (χ0) is 19.9. The molecule has 142 valence electrons. The standard InChI is InChI=1S/C29H22N/c1-3-8-21(9-4-1)25-14-16-26(27(20-25)22-10-5-2-6-11-22)28-17-15-23-12-7-13-24-18-19-30(28)29(23)24/h1-17,20H,18-19H2/q+1. The molecule has 0 aliphatic carbocycles. The molecule has 0 saturated carbocycles. The molecule has 1 nitrogen and oxygen atoms in total. The van der Waals surface area contributed by atoms with Crippen LogP contribution in [0, 0.1) is 0 Å². The summed E-state index contributed by atoms with van der Waals surface area (Å²) in [6.07, 6.45) is 1.11. The van der Waals surface area contributed by atoms with Crippen molar-refractivity contribution in [2.45, 2.75) is 13.0 Å². The number of rotatable bonds is 3. The van der Waals surface area contributed by atoms with Crippen molar-refractivity contribution in [3.63, 3.8) is 0 Å². The minimum absolute atomic E-state index is 1.04. The third-order valence-electron chi connectivity index (χ3n) is 6.22. The minimum Gasteiger partial charge on any atom is -0.191 e. The highest BCUT2D eigenvalue weighted by molar-refractivity contribution is 5.87. The number of pyridine rings is 1. The molecule has 0 radical (unpaired) electrons. The average Bonchev–Trinajstić information content (AvgIpc) is 3.26. The van der Waals surface area contributed by atoms with E-state index in [2.05, 4.69) is 114 Å². The van der Waals surface area contributed by atoms with Gasteiger partial charge in [0.05, 0.1) is 5.56 Å². The van der Waals surface area contributed by atoms with Crippen LogP contribution in [0.15, 0.2) is 109 Å². The Balaban J connectivity index is 1.61. The van der Waals surface area contributed by atoms with Gasteiger partial charge in [-0.3, -0.25) is 0 Å². The number of benzene rings is 4. The van der Waals surface area contributed by atoms with E-state index in [4.69, 9.17) is 0 Å². The highest BCUT2D eigenvalue weighted by Crippen LogP contribution is 2.36. The van der Waals surface area contributed by atoms with Crippen LogP contribution >= 0.6 is 0 Å². The van der Waals surface area contributed by atoms with Gasteiger partial charge < -0.3 is 0 Å². The summed E-state index contributed by atoms with van der Waals surface area (Å²) in [5.74, 6) is 0. The van der Waals surface area contributed by atoms with E-state index in [0.717, 1.165) is 13.0 Å². The molecule has 1 aliphatic heterocycles. The monoisotopic (exact) mass is 384 g/mol. The number of hydrogen-bond donors (Lipinski definition) is 0.